The highest BCUT2D eigenvalue weighted by molar-refractivity contribution is 7.97. The van der Waals surface area contributed by atoms with Crippen molar-refractivity contribution in [3.63, 3.8) is 0 Å². The molecule has 5 rings (SSSR count). The van der Waals surface area contributed by atoms with Crippen molar-refractivity contribution in [3.8, 4) is 10.7 Å². The molecule has 2 aliphatic rings. The Morgan fingerprint density at radius 2 is 2.06 bits per heavy atom. The van der Waals surface area contributed by atoms with Gasteiger partial charge in [-0.25, -0.2) is 13.8 Å². The number of pyridine rings is 1. The maximum absolute atomic E-state index is 13.1. The van der Waals surface area contributed by atoms with Gasteiger partial charge in [-0.15, -0.1) is 10.2 Å². The van der Waals surface area contributed by atoms with Gasteiger partial charge >= 0.3 is 0 Å². The van der Waals surface area contributed by atoms with E-state index < -0.39 is 6.43 Å². The van der Waals surface area contributed by atoms with Crippen molar-refractivity contribution in [3.05, 3.63) is 23.5 Å². The molecule has 172 valence electrons. The van der Waals surface area contributed by atoms with Crippen molar-refractivity contribution < 1.29 is 8.78 Å². The molecule has 1 saturated heterocycles. The van der Waals surface area contributed by atoms with Crippen LogP contribution in [0, 0.1) is 0 Å². The number of hydrogen-bond acceptors (Lipinski definition) is 8. The molecular formula is C21H27F2N7S2. The minimum absolute atomic E-state index is 0.175. The Balaban J connectivity index is 1.60. The van der Waals surface area contributed by atoms with Crippen LogP contribution in [-0.4, -0.2) is 49.8 Å². The van der Waals surface area contributed by atoms with Crippen LogP contribution in [0.2, 0.25) is 0 Å². The van der Waals surface area contributed by atoms with Gasteiger partial charge in [-0.05, 0) is 58.6 Å². The third-order valence-corrected chi connectivity index (χ3v) is 8.37. The summed E-state index contributed by atoms with van der Waals surface area (Å²) < 4.78 is 31.7. The molecule has 2 fully saturated rings. The molecule has 32 heavy (non-hydrogen) atoms. The second-order valence-corrected chi connectivity index (χ2v) is 11.0. The van der Waals surface area contributed by atoms with E-state index in [4.69, 9.17) is 4.98 Å². The Labute approximate surface area is 194 Å². The van der Waals surface area contributed by atoms with Gasteiger partial charge in [0, 0.05) is 41.3 Å². The number of hydrogen-bond donors (Lipinski definition) is 2. The second-order valence-electron chi connectivity index (χ2n) is 9.16. The van der Waals surface area contributed by atoms with Crippen LogP contribution in [0.25, 0.3) is 16.3 Å². The summed E-state index contributed by atoms with van der Waals surface area (Å²) >= 11 is 2.52. The molecule has 0 aromatic carbocycles. The van der Waals surface area contributed by atoms with E-state index in [1.165, 1.54) is 0 Å². The number of nitrogens with zero attached hydrogens (tertiary/aromatic N) is 5. The van der Waals surface area contributed by atoms with Crippen LogP contribution >= 0.6 is 23.3 Å². The lowest BCUT2D eigenvalue weighted by Gasteiger charge is -2.43. The van der Waals surface area contributed by atoms with Crippen molar-refractivity contribution in [1.82, 2.24) is 29.6 Å². The number of fused-ring (bicyclic) bond motifs is 1. The van der Waals surface area contributed by atoms with Crippen LogP contribution in [0.4, 0.5) is 14.5 Å². The Morgan fingerprint density at radius 3 is 2.75 bits per heavy atom. The van der Waals surface area contributed by atoms with Crippen LogP contribution in [0.5, 0.6) is 0 Å². The van der Waals surface area contributed by atoms with Gasteiger partial charge in [0.15, 0.2) is 15.7 Å². The van der Waals surface area contributed by atoms with E-state index >= 15 is 0 Å². The molecule has 1 saturated carbocycles. The van der Waals surface area contributed by atoms with E-state index in [0.717, 1.165) is 47.0 Å². The molecule has 0 spiro atoms. The molecule has 0 amide bonds. The highest BCUT2D eigenvalue weighted by Crippen LogP contribution is 2.39. The van der Waals surface area contributed by atoms with Crippen molar-refractivity contribution in [2.24, 2.45) is 0 Å². The number of nitrogens with one attached hydrogen (secondary N) is 2. The van der Waals surface area contributed by atoms with Crippen molar-refractivity contribution >= 4 is 34.6 Å². The molecule has 0 unspecified atom stereocenters. The third-order valence-electron chi connectivity index (χ3n) is 6.37. The Morgan fingerprint density at radius 1 is 1.28 bits per heavy atom. The van der Waals surface area contributed by atoms with Gasteiger partial charge in [0.1, 0.15) is 5.69 Å². The van der Waals surface area contributed by atoms with Gasteiger partial charge in [-0.3, -0.25) is 9.12 Å². The maximum Gasteiger partial charge on any atom is 0.291 e. The molecule has 3 atom stereocenters. The van der Waals surface area contributed by atoms with Crippen LogP contribution in [0.3, 0.4) is 0 Å². The fraction of sp³-hybridized carbons (Fsp3) is 0.571. The zero-order chi connectivity index (χ0) is 22.6. The summed E-state index contributed by atoms with van der Waals surface area (Å²) in [6.45, 7) is 9.67. The van der Waals surface area contributed by atoms with E-state index in [-0.39, 0.29) is 16.6 Å². The largest absolute Gasteiger partial charge is 0.363 e. The predicted octanol–water partition coefficient (Wildman–Crippen LogP) is 4.51. The van der Waals surface area contributed by atoms with Crippen LogP contribution in [0.1, 0.15) is 52.0 Å². The van der Waals surface area contributed by atoms with E-state index in [1.807, 2.05) is 10.6 Å². The average Bonchev–Trinajstić information content (AvgIpc) is 3.15. The van der Waals surface area contributed by atoms with Gasteiger partial charge in [0.05, 0.1) is 11.9 Å². The molecule has 4 heterocycles. The van der Waals surface area contributed by atoms with Crippen molar-refractivity contribution in [1.29, 1.82) is 0 Å². The first-order valence-electron chi connectivity index (χ1n) is 10.8. The van der Waals surface area contributed by atoms with Gasteiger partial charge in [0.25, 0.3) is 6.43 Å². The Bertz CT molecular complexity index is 1130. The van der Waals surface area contributed by atoms with Gasteiger partial charge in [0.2, 0.25) is 0 Å². The summed E-state index contributed by atoms with van der Waals surface area (Å²) in [5.74, 6) is 0. The van der Waals surface area contributed by atoms with Crippen molar-refractivity contribution in [2.75, 3.05) is 11.4 Å². The molecule has 1 aliphatic heterocycles. The van der Waals surface area contributed by atoms with Gasteiger partial charge in [-0.1, -0.05) is 11.3 Å². The molecule has 3 aromatic heterocycles. The summed E-state index contributed by atoms with van der Waals surface area (Å²) in [4.78, 5) is 8.13. The number of aromatic nitrogens is 4. The summed E-state index contributed by atoms with van der Waals surface area (Å²) in [5.41, 5.74) is 2.68. The fourth-order valence-electron chi connectivity index (χ4n) is 4.06. The molecule has 0 radical (unpaired) electrons. The number of imidazole rings is 1. The smallest absolute Gasteiger partial charge is 0.291 e. The highest BCUT2D eigenvalue weighted by Gasteiger charge is 2.37. The first-order valence-corrected chi connectivity index (χ1v) is 12.5. The first kappa shape index (κ1) is 22.0. The van der Waals surface area contributed by atoms with Crippen LogP contribution in [-0.2, 0) is 0 Å². The SMILES string of the molecule is C[C@@H]1CN(c2cc(SNC3(C)CC3)cn3c(-c4nnc(C(F)F)s4)cnc23)[C@@H](C)[C@@H](C)N1. The molecule has 0 bridgehead atoms. The summed E-state index contributed by atoms with van der Waals surface area (Å²) in [5, 5.41) is 11.5. The minimum atomic E-state index is -2.63. The lowest BCUT2D eigenvalue weighted by atomic mass is 10.0. The molecule has 3 aromatic rings. The van der Waals surface area contributed by atoms with Gasteiger partial charge < -0.3 is 10.2 Å². The minimum Gasteiger partial charge on any atom is -0.363 e. The van der Waals surface area contributed by atoms with E-state index in [1.54, 1.807) is 18.1 Å². The van der Waals surface area contributed by atoms with Crippen LogP contribution < -0.4 is 14.9 Å². The summed E-state index contributed by atoms with van der Waals surface area (Å²) in [7, 11) is 0. The zero-order valence-corrected chi connectivity index (χ0v) is 20.1. The van der Waals surface area contributed by atoms with E-state index in [0.29, 0.717) is 22.8 Å². The third kappa shape index (κ3) is 4.11. The number of piperazine rings is 1. The normalized spacial score (nSPS) is 25.1. The maximum atomic E-state index is 13.1. The lowest BCUT2D eigenvalue weighted by molar-refractivity contribution is 0.150. The number of alkyl halides is 2. The number of halogens is 2. The Hall–Kier alpha value is -1.82. The molecule has 7 nitrogen and oxygen atoms in total. The molecule has 2 N–H and O–H groups in total. The average molecular weight is 480 g/mol. The van der Waals surface area contributed by atoms with E-state index in [9.17, 15) is 8.78 Å². The van der Waals surface area contributed by atoms with Crippen molar-refractivity contribution in [2.45, 2.75) is 75.5 Å². The summed E-state index contributed by atoms with van der Waals surface area (Å²) in [6, 6.07) is 3.12. The molecule has 11 heteroatoms. The zero-order valence-electron chi connectivity index (χ0n) is 18.5. The summed E-state index contributed by atoms with van der Waals surface area (Å²) in [6.07, 6.45) is 3.41. The standard InChI is InChI=1S/C21H27F2N7S2/c1-11-9-29(13(3)12(2)25-11)15-7-14(32-28-21(4)5-6-21)10-30-16(8-24-18(15)30)19-26-27-20(31-19)17(22)23/h7-8,10-13,17,25,28H,5-6,9H2,1-4H3/t11-,12-,13+/m1/s1. The fourth-order valence-corrected chi connectivity index (χ4v) is 5.66. The van der Waals surface area contributed by atoms with Crippen LogP contribution in [0.15, 0.2) is 23.4 Å². The Kier molecular flexibility index (Phi) is 5.63. The molecular weight excluding hydrogens is 452 g/mol. The molecule has 1 aliphatic carbocycles. The topological polar surface area (TPSA) is 70.4 Å². The van der Waals surface area contributed by atoms with E-state index in [2.05, 4.69) is 58.9 Å². The highest BCUT2D eigenvalue weighted by atomic mass is 32.2. The quantitative estimate of drug-likeness (QED) is 0.504. The number of anilines is 1. The number of rotatable bonds is 6. The van der Waals surface area contributed by atoms with Gasteiger partial charge in [-0.2, -0.15) is 0 Å². The predicted molar refractivity (Wildman–Crippen MR) is 125 cm³/mol. The lowest BCUT2D eigenvalue weighted by Crippen LogP contribution is -2.59. The second kappa shape index (κ2) is 8.19. The monoisotopic (exact) mass is 479 g/mol. The first-order chi connectivity index (χ1) is 15.2.